The topological polar surface area (TPSA) is 98.8 Å². The van der Waals surface area contributed by atoms with Gasteiger partial charge in [0, 0.05) is 18.3 Å². The molecule has 0 unspecified atom stereocenters. The number of H-pyrrole nitrogens is 1. The van der Waals surface area contributed by atoms with Crippen LogP contribution in [0.15, 0.2) is 35.3 Å². The molecular weight excluding hydrogens is 398 g/mol. The highest BCUT2D eigenvalue weighted by molar-refractivity contribution is 6.42. The Kier molecular flexibility index (Phi) is 4.55. The standard InChI is InChI=1S/C14H8Cl2F3N5O2/c15-7-2-1-6(5-8(7)16)26-10-11(14(17,18)19)21-13(22-12(10)25)24-4-3-9(20)23-24/h1-5H,(H2,20,23)(H,21,22,25). The third-order valence-corrected chi connectivity index (χ3v) is 3.81. The van der Waals surface area contributed by atoms with Crippen LogP contribution < -0.4 is 16.0 Å². The van der Waals surface area contributed by atoms with Crippen LogP contribution in [0, 0.1) is 0 Å². The highest BCUT2D eigenvalue weighted by Crippen LogP contribution is 2.36. The van der Waals surface area contributed by atoms with Crippen LogP contribution in [0.3, 0.4) is 0 Å². The van der Waals surface area contributed by atoms with Gasteiger partial charge in [0.15, 0.2) is 5.69 Å². The lowest BCUT2D eigenvalue weighted by Gasteiger charge is -2.13. The molecule has 0 saturated heterocycles. The summed E-state index contributed by atoms with van der Waals surface area (Å²) >= 11 is 11.5. The molecule has 0 saturated carbocycles. The van der Waals surface area contributed by atoms with Crippen molar-refractivity contribution < 1.29 is 17.9 Å². The summed E-state index contributed by atoms with van der Waals surface area (Å²) in [5, 5.41) is 3.92. The number of anilines is 1. The average molecular weight is 406 g/mol. The molecule has 3 aromatic rings. The largest absolute Gasteiger partial charge is 0.449 e. The van der Waals surface area contributed by atoms with Crippen molar-refractivity contribution in [3.05, 3.63) is 56.6 Å². The zero-order valence-corrected chi connectivity index (χ0v) is 14.0. The summed E-state index contributed by atoms with van der Waals surface area (Å²) in [6.45, 7) is 0. The van der Waals surface area contributed by atoms with E-state index in [0.717, 1.165) is 4.68 Å². The van der Waals surface area contributed by atoms with Crippen LogP contribution in [0.5, 0.6) is 11.5 Å². The molecular formula is C14H8Cl2F3N5O2. The number of nitrogens with zero attached hydrogens (tertiary/aromatic N) is 3. The maximum Gasteiger partial charge on any atom is 0.437 e. The Labute approximate surface area is 153 Å². The van der Waals surface area contributed by atoms with Gasteiger partial charge < -0.3 is 10.5 Å². The van der Waals surface area contributed by atoms with Crippen molar-refractivity contribution >= 4 is 29.0 Å². The Bertz CT molecular complexity index is 1030. The fourth-order valence-electron chi connectivity index (χ4n) is 1.96. The van der Waals surface area contributed by atoms with Crippen LogP contribution in [0.2, 0.25) is 10.0 Å². The molecule has 136 valence electrons. The van der Waals surface area contributed by atoms with Crippen molar-refractivity contribution in [3.63, 3.8) is 0 Å². The Morgan fingerprint density at radius 2 is 1.92 bits per heavy atom. The van der Waals surface area contributed by atoms with Crippen molar-refractivity contribution in [3.8, 4) is 17.4 Å². The number of hydrogen-bond acceptors (Lipinski definition) is 5. The number of aromatic nitrogens is 4. The van der Waals surface area contributed by atoms with Gasteiger partial charge in [-0.05, 0) is 12.1 Å². The summed E-state index contributed by atoms with van der Waals surface area (Å²) in [6, 6.07) is 5.07. The van der Waals surface area contributed by atoms with E-state index < -0.39 is 29.1 Å². The van der Waals surface area contributed by atoms with E-state index in [4.69, 9.17) is 33.7 Å². The van der Waals surface area contributed by atoms with E-state index in [2.05, 4.69) is 15.1 Å². The fourth-order valence-corrected chi connectivity index (χ4v) is 2.25. The first kappa shape index (κ1) is 18.1. The first-order valence-electron chi connectivity index (χ1n) is 6.81. The van der Waals surface area contributed by atoms with Crippen molar-refractivity contribution in [1.82, 2.24) is 19.7 Å². The number of halogens is 5. The molecule has 2 aromatic heterocycles. The molecule has 3 rings (SSSR count). The van der Waals surface area contributed by atoms with Crippen molar-refractivity contribution in [1.29, 1.82) is 0 Å². The van der Waals surface area contributed by atoms with E-state index in [9.17, 15) is 18.0 Å². The lowest BCUT2D eigenvalue weighted by molar-refractivity contribution is -0.142. The molecule has 1 aromatic carbocycles. The van der Waals surface area contributed by atoms with Gasteiger partial charge >= 0.3 is 6.18 Å². The Morgan fingerprint density at radius 3 is 2.50 bits per heavy atom. The molecule has 0 atom stereocenters. The number of hydrogen-bond donors (Lipinski definition) is 2. The number of alkyl halides is 3. The molecule has 26 heavy (non-hydrogen) atoms. The van der Waals surface area contributed by atoms with Gasteiger partial charge in [-0.2, -0.15) is 13.2 Å². The van der Waals surface area contributed by atoms with Crippen molar-refractivity contribution in [2.24, 2.45) is 0 Å². The number of nitrogens with two attached hydrogens (primary N) is 1. The first-order valence-corrected chi connectivity index (χ1v) is 7.56. The van der Waals surface area contributed by atoms with Crippen LogP contribution in [0.4, 0.5) is 19.0 Å². The molecule has 0 amide bonds. The first-order chi connectivity index (χ1) is 12.1. The number of ether oxygens (including phenoxy) is 1. The third kappa shape index (κ3) is 3.60. The van der Waals surface area contributed by atoms with Gasteiger partial charge in [0.1, 0.15) is 11.6 Å². The Hall–Kier alpha value is -2.72. The monoisotopic (exact) mass is 405 g/mol. The summed E-state index contributed by atoms with van der Waals surface area (Å²) < 4.78 is 46.1. The van der Waals surface area contributed by atoms with Gasteiger partial charge in [-0.25, -0.2) is 9.67 Å². The highest BCUT2D eigenvalue weighted by atomic mass is 35.5. The number of rotatable bonds is 3. The van der Waals surface area contributed by atoms with Gasteiger partial charge in [-0.15, -0.1) is 5.10 Å². The Morgan fingerprint density at radius 1 is 1.19 bits per heavy atom. The maximum absolute atomic E-state index is 13.4. The quantitative estimate of drug-likeness (QED) is 0.692. The Balaban J connectivity index is 2.12. The summed E-state index contributed by atoms with van der Waals surface area (Å²) in [7, 11) is 0. The lowest BCUT2D eigenvalue weighted by Crippen LogP contribution is -2.22. The molecule has 0 aliphatic rings. The van der Waals surface area contributed by atoms with Crippen LogP contribution in [0.25, 0.3) is 5.95 Å². The minimum absolute atomic E-state index is 0.0392. The van der Waals surface area contributed by atoms with Gasteiger partial charge in [0.05, 0.1) is 10.0 Å². The van der Waals surface area contributed by atoms with Crippen LogP contribution >= 0.6 is 23.2 Å². The van der Waals surface area contributed by atoms with E-state index in [1.54, 1.807) is 0 Å². The second-order valence-electron chi connectivity index (χ2n) is 4.93. The SMILES string of the molecule is Nc1ccn(-c2nc(C(F)(F)F)c(Oc3ccc(Cl)c(Cl)c3)c(=O)[nH]2)n1. The molecule has 2 heterocycles. The van der Waals surface area contributed by atoms with E-state index in [-0.39, 0.29) is 21.6 Å². The molecule has 0 spiro atoms. The molecule has 7 nitrogen and oxygen atoms in total. The van der Waals surface area contributed by atoms with Crippen LogP contribution in [-0.2, 0) is 6.18 Å². The van der Waals surface area contributed by atoms with E-state index in [1.807, 2.05) is 0 Å². The minimum Gasteiger partial charge on any atom is -0.449 e. The number of aromatic amines is 1. The summed E-state index contributed by atoms with van der Waals surface area (Å²) in [6.07, 6.45) is -3.72. The zero-order chi connectivity index (χ0) is 19.1. The lowest BCUT2D eigenvalue weighted by atomic mass is 10.3. The average Bonchev–Trinajstić information content (AvgIpc) is 2.98. The van der Waals surface area contributed by atoms with E-state index in [0.29, 0.717) is 0 Å². The molecule has 0 radical (unpaired) electrons. The van der Waals surface area contributed by atoms with Gasteiger partial charge in [0.2, 0.25) is 11.7 Å². The van der Waals surface area contributed by atoms with Crippen molar-refractivity contribution in [2.45, 2.75) is 6.18 Å². The van der Waals surface area contributed by atoms with Crippen LogP contribution in [0.1, 0.15) is 5.69 Å². The predicted molar refractivity (Wildman–Crippen MR) is 87.9 cm³/mol. The van der Waals surface area contributed by atoms with Crippen molar-refractivity contribution in [2.75, 3.05) is 5.73 Å². The zero-order valence-electron chi connectivity index (χ0n) is 12.5. The molecule has 3 N–H and O–H groups in total. The second kappa shape index (κ2) is 6.54. The van der Waals surface area contributed by atoms with Gasteiger partial charge in [-0.1, -0.05) is 23.2 Å². The predicted octanol–water partition coefficient (Wildman–Crippen LogP) is 3.66. The molecule has 0 fully saturated rings. The number of benzene rings is 1. The summed E-state index contributed by atoms with van der Waals surface area (Å²) in [5.41, 5.74) is 2.72. The summed E-state index contributed by atoms with van der Waals surface area (Å²) in [5.74, 6) is -1.59. The number of nitrogen functional groups attached to an aromatic ring is 1. The highest BCUT2D eigenvalue weighted by Gasteiger charge is 2.39. The van der Waals surface area contributed by atoms with Gasteiger partial charge in [-0.3, -0.25) is 9.78 Å². The summed E-state index contributed by atoms with van der Waals surface area (Å²) in [4.78, 5) is 17.8. The normalized spacial score (nSPS) is 11.6. The minimum atomic E-state index is -4.97. The maximum atomic E-state index is 13.4. The van der Waals surface area contributed by atoms with E-state index in [1.165, 1.54) is 30.5 Å². The second-order valence-corrected chi connectivity index (χ2v) is 5.74. The smallest absolute Gasteiger partial charge is 0.437 e. The van der Waals surface area contributed by atoms with E-state index >= 15 is 0 Å². The van der Waals surface area contributed by atoms with Crippen LogP contribution in [-0.4, -0.2) is 19.7 Å². The molecule has 0 bridgehead atoms. The molecule has 12 heteroatoms. The fraction of sp³-hybridized carbons (Fsp3) is 0.0714. The molecule has 0 aliphatic carbocycles. The van der Waals surface area contributed by atoms with Gasteiger partial charge in [0.25, 0.3) is 5.56 Å². The number of nitrogens with one attached hydrogen (secondary N) is 1. The third-order valence-electron chi connectivity index (χ3n) is 3.07. The molecule has 0 aliphatic heterocycles.